The highest BCUT2D eigenvalue weighted by atomic mass is 35.5. The van der Waals surface area contributed by atoms with Crippen molar-refractivity contribution >= 4 is 34.6 Å². The number of ether oxygens (including phenoxy) is 1. The van der Waals surface area contributed by atoms with Gasteiger partial charge in [-0.25, -0.2) is 18.6 Å². The predicted molar refractivity (Wildman–Crippen MR) is 169 cm³/mol. The first-order valence-electron chi connectivity index (χ1n) is 15.3. The number of halogens is 3. The van der Waals surface area contributed by atoms with Gasteiger partial charge in [0.05, 0.1) is 42.7 Å². The van der Waals surface area contributed by atoms with Crippen molar-refractivity contribution in [1.82, 2.24) is 23.9 Å². The van der Waals surface area contributed by atoms with E-state index < -0.39 is 41.5 Å². The number of hydrogen-bond donors (Lipinski definition) is 2. The molecule has 2 aromatic carbocycles. The first-order valence-corrected chi connectivity index (χ1v) is 15.7. The first kappa shape index (κ1) is 32.6. The number of piperidine rings is 1. The lowest BCUT2D eigenvalue weighted by Gasteiger charge is -2.38. The molecule has 4 heterocycles. The summed E-state index contributed by atoms with van der Waals surface area (Å²) in [7, 11) is 0. The van der Waals surface area contributed by atoms with Gasteiger partial charge in [0.1, 0.15) is 11.5 Å². The normalized spacial score (nSPS) is 18.9. The third kappa shape index (κ3) is 6.74. The van der Waals surface area contributed by atoms with Crippen LogP contribution in [-0.4, -0.2) is 91.0 Å². The van der Waals surface area contributed by atoms with Crippen LogP contribution in [0.4, 0.5) is 13.6 Å². The second kappa shape index (κ2) is 13.4. The molecular formula is C33H34ClF2N5O6. The smallest absolute Gasteiger partial charge is 0.407 e. The average Bonchev–Trinajstić information content (AvgIpc) is 3.41. The van der Waals surface area contributed by atoms with Crippen LogP contribution in [0.15, 0.2) is 71.8 Å². The van der Waals surface area contributed by atoms with Gasteiger partial charge in [0.25, 0.3) is 5.56 Å². The third-order valence-corrected chi connectivity index (χ3v) is 9.37. The number of carboxylic acid groups (broad SMARTS) is 1. The summed E-state index contributed by atoms with van der Waals surface area (Å²) < 4.78 is 36.0. The fourth-order valence-corrected chi connectivity index (χ4v) is 6.70. The van der Waals surface area contributed by atoms with Crippen LogP contribution in [0.5, 0.6) is 0 Å². The first-order chi connectivity index (χ1) is 22.5. The van der Waals surface area contributed by atoms with Gasteiger partial charge < -0.3 is 19.8 Å². The monoisotopic (exact) mass is 669 g/mol. The molecule has 0 aliphatic carbocycles. The van der Waals surface area contributed by atoms with Crippen molar-refractivity contribution in [3.05, 3.63) is 93.6 Å². The number of rotatable bonds is 8. The van der Waals surface area contributed by atoms with Gasteiger partial charge in [0.15, 0.2) is 5.65 Å². The fourth-order valence-electron chi connectivity index (χ4n) is 6.42. The van der Waals surface area contributed by atoms with Gasteiger partial charge in [-0.2, -0.15) is 0 Å². The summed E-state index contributed by atoms with van der Waals surface area (Å²) in [4.78, 5) is 45.5. The number of hydrogen-bond acceptors (Lipinski definition) is 6. The van der Waals surface area contributed by atoms with Crippen LogP contribution in [-0.2, 0) is 16.1 Å². The minimum absolute atomic E-state index is 0.0679. The van der Waals surface area contributed by atoms with Gasteiger partial charge in [-0.1, -0.05) is 54.1 Å². The molecule has 47 heavy (non-hydrogen) atoms. The zero-order valence-corrected chi connectivity index (χ0v) is 26.1. The molecule has 0 unspecified atom stereocenters. The summed E-state index contributed by atoms with van der Waals surface area (Å²) in [6.45, 7) is 1.12. The molecule has 2 aliphatic heterocycles. The Morgan fingerprint density at radius 3 is 2.43 bits per heavy atom. The number of morpholine rings is 1. The molecule has 11 nitrogen and oxygen atoms in total. The fraction of sp³-hybridized carbons (Fsp3) is 0.394. The van der Waals surface area contributed by atoms with Crippen LogP contribution < -0.4 is 5.56 Å². The summed E-state index contributed by atoms with van der Waals surface area (Å²) in [5, 5.41) is 21.4. The van der Waals surface area contributed by atoms with E-state index in [1.807, 2.05) is 0 Å². The highest BCUT2D eigenvalue weighted by molar-refractivity contribution is 6.31. The molecule has 0 bridgehead atoms. The Hall–Kier alpha value is -4.33. The number of benzene rings is 2. The van der Waals surface area contributed by atoms with E-state index in [-0.39, 0.29) is 62.6 Å². The van der Waals surface area contributed by atoms with Crippen molar-refractivity contribution in [3.8, 4) is 5.69 Å². The topological polar surface area (TPSA) is 130 Å². The standard InChI is InChI=1S/C33H34ClF2N5O6/c34-27-16-25-30(41(27)23-8-6-22(7-9-23)26-18-47-15-14-40(26)32(44)45)37-20-39(31(25)43)19-33(46)10-12-38(13-11-33)28(42)17-24(29(35)36)21-4-2-1-3-5-21/h1-9,16,20,24,26,29,46H,10-15,17-19H2,(H,44,45)/t24-,26+/m1/s1. The van der Waals surface area contributed by atoms with Gasteiger partial charge in [0.2, 0.25) is 12.3 Å². The quantitative estimate of drug-likeness (QED) is 0.279. The molecule has 6 rings (SSSR count). The average molecular weight is 670 g/mol. The van der Waals surface area contributed by atoms with Crippen molar-refractivity contribution in [2.75, 3.05) is 32.8 Å². The van der Waals surface area contributed by atoms with Crippen molar-refractivity contribution < 1.29 is 33.3 Å². The van der Waals surface area contributed by atoms with Crippen molar-refractivity contribution in [3.63, 3.8) is 0 Å². The highest BCUT2D eigenvalue weighted by Gasteiger charge is 2.36. The largest absolute Gasteiger partial charge is 0.465 e. The minimum atomic E-state index is -2.69. The molecule has 2 aliphatic rings. The van der Waals surface area contributed by atoms with Crippen molar-refractivity contribution in [2.24, 2.45) is 0 Å². The molecule has 2 aromatic heterocycles. The van der Waals surface area contributed by atoms with E-state index in [0.717, 1.165) is 5.56 Å². The predicted octanol–water partition coefficient (Wildman–Crippen LogP) is 4.68. The van der Waals surface area contributed by atoms with Crippen molar-refractivity contribution in [2.45, 2.75) is 49.8 Å². The van der Waals surface area contributed by atoms with Crippen LogP contribution in [0.3, 0.4) is 0 Å². The number of aromatic nitrogens is 3. The lowest BCUT2D eigenvalue weighted by Crippen LogP contribution is -2.50. The minimum Gasteiger partial charge on any atom is -0.465 e. The zero-order valence-electron chi connectivity index (χ0n) is 25.3. The summed E-state index contributed by atoms with van der Waals surface area (Å²) in [6, 6.07) is 16.4. The number of amides is 2. The SMILES string of the molecule is O=C(C[C@H](c1ccccc1)C(F)F)N1CCC(O)(Cn2cnc3c(cc(Cl)n3-c3ccc([C@@H]4COCCN4C(=O)O)cc3)c2=O)CC1. The van der Waals surface area contributed by atoms with Crippen LogP contribution in [0.2, 0.25) is 5.15 Å². The number of alkyl halides is 2. The van der Waals surface area contributed by atoms with Gasteiger partial charge >= 0.3 is 6.09 Å². The summed E-state index contributed by atoms with van der Waals surface area (Å²) in [5.41, 5.74) is 0.375. The lowest BCUT2D eigenvalue weighted by atomic mass is 9.90. The molecule has 0 spiro atoms. The van der Waals surface area contributed by atoms with E-state index in [0.29, 0.717) is 23.5 Å². The third-order valence-electron chi connectivity index (χ3n) is 9.09. The number of carbonyl (C=O) groups excluding carboxylic acids is 1. The molecule has 248 valence electrons. The van der Waals surface area contributed by atoms with E-state index >= 15 is 0 Å². The molecule has 14 heteroatoms. The van der Waals surface area contributed by atoms with Crippen molar-refractivity contribution in [1.29, 1.82) is 0 Å². The Bertz CT molecular complexity index is 1810. The van der Waals surface area contributed by atoms with Gasteiger partial charge in [-0.05, 0) is 42.2 Å². The summed E-state index contributed by atoms with van der Waals surface area (Å²) in [5.74, 6) is -1.62. The number of likely N-dealkylation sites (tertiary alicyclic amines) is 1. The highest BCUT2D eigenvalue weighted by Crippen LogP contribution is 2.31. The van der Waals surface area contributed by atoms with Gasteiger partial charge in [-0.3, -0.25) is 23.6 Å². The number of carbonyl (C=O) groups is 2. The molecule has 2 N–H and O–H groups in total. The van der Waals surface area contributed by atoms with Crippen LogP contribution >= 0.6 is 11.6 Å². The maximum absolute atomic E-state index is 13.8. The second-order valence-electron chi connectivity index (χ2n) is 12.0. The Kier molecular flexibility index (Phi) is 9.31. The Labute approximate surface area is 273 Å². The maximum atomic E-state index is 13.8. The zero-order chi connectivity index (χ0) is 33.3. The summed E-state index contributed by atoms with van der Waals surface area (Å²) in [6.07, 6.45) is -2.38. The molecule has 0 radical (unpaired) electrons. The molecular weight excluding hydrogens is 636 g/mol. The maximum Gasteiger partial charge on any atom is 0.407 e. The van der Waals surface area contributed by atoms with Crippen LogP contribution in [0.25, 0.3) is 16.7 Å². The van der Waals surface area contributed by atoms with Gasteiger partial charge in [-0.15, -0.1) is 0 Å². The van der Waals surface area contributed by atoms with Crippen LogP contribution in [0, 0.1) is 0 Å². The molecule has 2 amide bonds. The summed E-state index contributed by atoms with van der Waals surface area (Å²) >= 11 is 6.57. The Balaban J connectivity index is 1.14. The van der Waals surface area contributed by atoms with E-state index in [1.165, 1.54) is 26.8 Å². The van der Waals surface area contributed by atoms with E-state index in [1.54, 1.807) is 59.2 Å². The molecule has 2 atom stereocenters. The Morgan fingerprint density at radius 2 is 1.77 bits per heavy atom. The molecule has 2 saturated heterocycles. The molecule has 2 fully saturated rings. The van der Waals surface area contributed by atoms with E-state index in [9.17, 15) is 33.4 Å². The number of nitrogens with zero attached hydrogens (tertiary/aromatic N) is 5. The van der Waals surface area contributed by atoms with Gasteiger partial charge in [0, 0.05) is 31.7 Å². The Morgan fingerprint density at radius 1 is 1.06 bits per heavy atom. The number of aliphatic hydroxyl groups is 1. The van der Waals surface area contributed by atoms with Crippen LogP contribution in [0.1, 0.15) is 42.3 Å². The van der Waals surface area contributed by atoms with E-state index in [2.05, 4.69) is 4.98 Å². The lowest BCUT2D eigenvalue weighted by molar-refractivity contribution is -0.137. The second-order valence-corrected chi connectivity index (χ2v) is 12.4. The molecule has 0 saturated carbocycles. The van der Waals surface area contributed by atoms with E-state index in [4.69, 9.17) is 16.3 Å². The molecule has 4 aromatic rings. The number of fused-ring (bicyclic) bond motifs is 1.